The summed E-state index contributed by atoms with van der Waals surface area (Å²) in [6, 6.07) is 2.07. The van der Waals surface area contributed by atoms with Crippen molar-refractivity contribution in [2.75, 3.05) is 26.7 Å². The highest BCUT2D eigenvalue weighted by Crippen LogP contribution is 2.32. The Bertz CT molecular complexity index is 353. The van der Waals surface area contributed by atoms with Gasteiger partial charge < -0.3 is 16.0 Å². The summed E-state index contributed by atoms with van der Waals surface area (Å²) in [5.74, 6) is 0.207. The molecule has 0 aromatic rings. The summed E-state index contributed by atoms with van der Waals surface area (Å²) < 4.78 is 0. The number of carbonyl (C=O) groups excluding carboxylic acids is 1. The maximum atomic E-state index is 12.3. The summed E-state index contributed by atoms with van der Waals surface area (Å²) in [4.78, 5) is 17.0. The molecule has 0 saturated carbocycles. The van der Waals surface area contributed by atoms with Gasteiger partial charge in [-0.15, -0.1) is 0 Å². The SMILES string of the molecule is CN1C2CCCC1CC(NC(=O)CN1CCC(N)CC1)C2. The number of rotatable bonds is 3. The number of amides is 1. The number of hydrogen-bond donors (Lipinski definition) is 2. The molecule has 120 valence electrons. The van der Waals surface area contributed by atoms with Gasteiger partial charge in [0.2, 0.25) is 5.91 Å². The molecule has 5 heteroatoms. The summed E-state index contributed by atoms with van der Waals surface area (Å²) in [5.41, 5.74) is 5.91. The van der Waals surface area contributed by atoms with Gasteiger partial charge in [-0.1, -0.05) is 6.42 Å². The van der Waals surface area contributed by atoms with Gasteiger partial charge in [0.25, 0.3) is 0 Å². The maximum Gasteiger partial charge on any atom is 0.234 e. The van der Waals surface area contributed by atoms with E-state index in [1.54, 1.807) is 0 Å². The molecule has 21 heavy (non-hydrogen) atoms. The number of nitrogens with zero attached hydrogens (tertiary/aromatic N) is 2. The number of nitrogens with two attached hydrogens (primary N) is 1. The summed E-state index contributed by atoms with van der Waals surface area (Å²) in [5, 5.41) is 3.29. The Morgan fingerprint density at radius 2 is 1.76 bits per heavy atom. The first-order valence-electron chi connectivity index (χ1n) is 8.61. The molecule has 3 aliphatic rings. The highest BCUT2D eigenvalue weighted by atomic mass is 16.2. The summed E-state index contributed by atoms with van der Waals surface area (Å²) in [6.45, 7) is 2.48. The van der Waals surface area contributed by atoms with Gasteiger partial charge >= 0.3 is 0 Å². The second-order valence-corrected chi connectivity index (χ2v) is 7.25. The van der Waals surface area contributed by atoms with Gasteiger partial charge in [-0.3, -0.25) is 9.69 Å². The van der Waals surface area contributed by atoms with Crippen LogP contribution in [0.5, 0.6) is 0 Å². The zero-order valence-corrected chi connectivity index (χ0v) is 13.3. The van der Waals surface area contributed by atoms with E-state index in [9.17, 15) is 4.79 Å². The largest absolute Gasteiger partial charge is 0.352 e. The monoisotopic (exact) mass is 294 g/mol. The molecule has 3 heterocycles. The van der Waals surface area contributed by atoms with Crippen molar-refractivity contribution in [1.82, 2.24) is 15.1 Å². The van der Waals surface area contributed by atoms with Crippen LogP contribution in [0.1, 0.15) is 44.9 Å². The topological polar surface area (TPSA) is 61.6 Å². The Morgan fingerprint density at radius 1 is 1.14 bits per heavy atom. The zero-order chi connectivity index (χ0) is 14.8. The van der Waals surface area contributed by atoms with Crippen molar-refractivity contribution in [2.24, 2.45) is 5.73 Å². The first-order valence-corrected chi connectivity index (χ1v) is 8.61. The van der Waals surface area contributed by atoms with Gasteiger partial charge in [-0.2, -0.15) is 0 Å². The summed E-state index contributed by atoms with van der Waals surface area (Å²) >= 11 is 0. The fourth-order valence-electron chi connectivity index (χ4n) is 4.32. The van der Waals surface area contributed by atoms with Gasteiger partial charge in [0.1, 0.15) is 0 Å². The average Bonchev–Trinajstić information content (AvgIpc) is 2.42. The van der Waals surface area contributed by atoms with E-state index in [0.717, 1.165) is 38.8 Å². The van der Waals surface area contributed by atoms with E-state index in [1.165, 1.54) is 19.3 Å². The van der Waals surface area contributed by atoms with Gasteiger partial charge in [0, 0.05) is 37.3 Å². The van der Waals surface area contributed by atoms with E-state index in [4.69, 9.17) is 5.73 Å². The van der Waals surface area contributed by atoms with Crippen molar-refractivity contribution in [3.05, 3.63) is 0 Å². The molecule has 0 aliphatic carbocycles. The van der Waals surface area contributed by atoms with Crippen molar-refractivity contribution in [1.29, 1.82) is 0 Å². The van der Waals surface area contributed by atoms with Crippen molar-refractivity contribution in [2.45, 2.75) is 69.1 Å². The lowest BCUT2D eigenvalue weighted by atomic mass is 9.82. The average molecular weight is 294 g/mol. The first-order chi connectivity index (χ1) is 10.1. The van der Waals surface area contributed by atoms with Crippen LogP contribution in [0, 0.1) is 0 Å². The fourth-order valence-corrected chi connectivity index (χ4v) is 4.32. The predicted octanol–water partition coefficient (Wildman–Crippen LogP) is 0.541. The minimum Gasteiger partial charge on any atom is -0.352 e. The number of piperidine rings is 3. The van der Waals surface area contributed by atoms with Crippen molar-refractivity contribution < 1.29 is 4.79 Å². The molecule has 1 amide bonds. The summed E-state index contributed by atoms with van der Waals surface area (Å²) in [7, 11) is 2.25. The molecule has 5 nitrogen and oxygen atoms in total. The van der Waals surface area contributed by atoms with E-state index in [2.05, 4.69) is 22.2 Å². The number of likely N-dealkylation sites (tertiary alicyclic amines) is 1. The Kier molecular flexibility index (Phi) is 4.82. The predicted molar refractivity (Wildman–Crippen MR) is 84.0 cm³/mol. The van der Waals surface area contributed by atoms with Crippen molar-refractivity contribution >= 4 is 5.91 Å². The Morgan fingerprint density at radius 3 is 2.38 bits per heavy atom. The van der Waals surface area contributed by atoms with E-state index in [0.29, 0.717) is 30.7 Å². The molecular weight excluding hydrogens is 264 g/mol. The first kappa shape index (κ1) is 15.3. The highest BCUT2D eigenvalue weighted by molar-refractivity contribution is 5.78. The van der Waals surface area contributed by atoms with Crippen LogP contribution in [0.25, 0.3) is 0 Å². The van der Waals surface area contributed by atoms with E-state index in [1.807, 2.05) is 0 Å². The molecule has 0 spiro atoms. The van der Waals surface area contributed by atoms with Gasteiger partial charge in [-0.25, -0.2) is 0 Å². The Labute approximate surface area is 128 Å². The molecule has 3 rings (SSSR count). The van der Waals surface area contributed by atoms with Gasteiger partial charge in [0.05, 0.1) is 6.54 Å². The van der Waals surface area contributed by atoms with Crippen LogP contribution < -0.4 is 11.1 Å². The zero-order valence-electron chi connectivity index (χ0n) is 13.3. The standard InChI is InChI=1S/C16H30N4O/c1-19-14-3-2-4-15(19)10-13(9-14)18-16(21)11-20-7-5-12(17)6-8-20/h12-15H,2-11,17H2,1H3,(H,18,21). The quantitative estimate of drug-likeness (QED) is 0.797. The number of carbonyl (C=O) groups is 1. The maximum absolute atomic E-state index is 12.3. The van der Waals surface area contributed by atoms with Gasteiger partial charge in [-0.05, 0) is 45.6 Å². The molecule has 3 saturated heterocycles. The Balaban J connectivity index is 1.45. The minimum absolute atomic E-state index is 0.207. The molecule has 2 atom stereocenters. The lowest BCUT2D eigenvalue weighted by Gasteiger charge is -2.47. The number of hydrogen-bond acceptors (Lipinski definition) is 4. The van der Waals surface area contributed by atoms with E-state index in [-0.39, 0.29) is 5.91 Å². The van der Waals surface area contributed by atoms with Crippen LogP contribution >= 0.6 is 0 Å². The van der Waals surface area contributed by atoms with Crippen molar-refractivity contribution in [3.63, 3.8) is 0 Å². The molecule has 0 radical (unpaired) electrons. The van der Waals surface area contributed by atoms with Crippen LogP contribution in [0.3, 0.4) is 0 Å². The molecular formula is C16H30N4O. The van der Waals surface area contributed by atoms with Crippen LogP contribution in [0.15, 0.2) is 0 Å². The second-order valence-electron chi connectivity index (χ2n) is 7.25. The fraction of sp³-hybridized carbons (Fsp3) is 0.938. The van der Waals surface area contributed by atoms with Crippen LogP contribution in [0.4, 0.5) is 0 Å². The van der Waals surface area contributed by atoms with Gasteiger partial charge in [0.15, 0.2) is 0 Å². The molecule has 0 aromatic carbocycles. The third kappa shape index (κ3) is 3.76. The normalized spacial score (nSPS) is 35.6. The molecule has 3 N–H and O–H groups in total. The van der Waals surface area contributed by atoms with Crippen LogP contribution in [-0.2, 0) is 4.79 Å². The summed E-state index contributed by atoms with van der Waals surface area (Å²) in [6.07, 6.45) is 8.24. The Hall–Kier alpha value is -0.650. The lowest BCUT2D eigenvalue weighted by molar-refractivity contribution is -0.124. The lowest BCUT2D eigenvalue weighted by Crippen LogP contribution is -2.56. The minimum atomic E-state index is 0.207. The smallest absolute Gasteiger partial charge is 0.234 e. The third-order valence-electron chi connectivity index (χ3n) is 5.70. The molecule has 2 unspecified atom stereocenters. The highest BCUT2D eigenvalue weighted by Gasteiger charge is 2.36. The van der Waals surface area contributed by atoms with Crippen LogP contribution in [-0.4, -0.2) is 66.6 Å². The van der Waals surface area contributed by atoms with E-state index >= 15 is 0 Å². The van der Waals surface area contributed by atoms with E-state index < -0.39 is 0 Å². The molecule has 0 aromatic heterocycles. The second kappa shape index (κ2) is 6.63. The number of fused-ring (bicyclic) bond motifs is 2. The van der Waals surface area contributed by atoms with Crippen molar-refractivity contribution in [3.8, 4) is 0 Å². The third-order valence-corrected chi connectivity index (χ3v) is 5.70. The molecule has 2 bridgehead atoms. The molecule has 3 fully saturated rings. The number of nitrogens with one attached hydrogen (secondary N) is 1. The van der Waals surface area contributed by atoms with Crippen LogP contribution in [0.2, 0.25) is 0 Å². The molecule has 3 aliphatic heterocycles.